The number of H-pyrrole nitrogens is 1. The predicted octanol–water partition coefficient (Wildman–Crippen LogP) is 3.41. The molecular formula is C21H24FN3O4. The molecule has 0 radical (unpaired) electrons. The lowest BCUT2D eigenvalue weighted by Crippen LogP contribution is -2.24. The molecule has 3 rings (SSSR count). The second-order valence-corrected chi connectivity index (χ2v) is 6.64. The Kier molecular flexibility index (Phi) is 6.54. The Bertz CT molecular complexity index is 972. The summed E-state index contributed by atoms with van der Waals surface area (Å²) in [5.74, 6) is 0.757. The van der Waals surface area contributed by atoms with Crippen molar-refractivity contribution >= 4 is 16.8 Å². The van der Waals surface area contributed by atoms with Crippen LogP contribution in [0.15, 0.2) is 36.7 Å². The number of fused-ring (bicyclic) bond motifs is 1. The van der Waals surface area contributed by atoms with E-state index in [0.29, 0.717) is 23.7 Å². The lowest BCUT2D eigenvalue weighted by atomic mass is 10.0. The number of nitrogens with zero attached hydrogens (tertiary/aromatic N) is 1. The highest BCUT2D eigenvalue weighted by atomic mass is 19.1. The van der Waals surface area contributed by atoms with Gasteiger partial charge in [0.1, 0.15) is 19.0 Å². The third-order valence-corrected chi connectivity index (χ3v) is 4.48. The highest BCUT2D eigenvalue weighted by Gasteiger charge is 2.15. The zero-order valence-corrected chi connectivity index (χ0v) is 16.6. The summed E-state index contributed by atoms with van der Waals surface area (Å²) in [4.78, 5) is 18.3. The molecule has 0 aliphatic heterocycles. The average molecular weight is 401 g/mol. The summed E-state index contributed by atoms with van der Waals surface area (Å²) in [6.45, 7) is 4.40. The number of halogens is 1. The van der Waals surface area contributed by atoms with Crippen LogP contribution in [-0.4, -0.2) is 42.7 Å². The topological polar surface area (TPSA) is 85.5 Å². The van der Waals surface area contributed by atoms with Crippen LogP contribution >= 0.6 is 0 Å². The molecule has 29 heavy (non-hydrogen) atoms. The molecule has 0 bridgehead atoms. The molecule has 2 heterocycles. The third-order valence-electron chi connectivity index (χ3n) is 4.48. The van der Waals surface area contributed by atoms with E-state index in [1.165, 1.54) is 13.0 Å². The molecule has 3 aromatic rings. The lowest BCUT2D eigenvalue weighted by Gasteiger charge is -2.12. The normalized spacial score (nSPS) is 11.9. The van der Waals surface area contributed by atoms with E-state index in [0.717, 1.165) is 10.9 Å². The van der Waals surface area contributed by atoms with E-state index < -0.39 is 5.82 Å². The summed E-state index contributed by atoms with van der Waals surface area (Å²) in [6, 6.07) is 6.52. The van der Waals surface area contributed by atoms with Crippen molar-refractivity contribution in [3.05, 3.63) is 48.0 Å². The van der Waals surface area contributed by atoms with Crippen LogP contribution in [0.5, 0.6) is 17.4 Å². The van der Waals surface area contributed by atoms with Gasteiger partial charge in [-0.3, -0.25) is 4.79 Å². The lowest BCUT2D eigenvalue weighted by molar-refractivity contribution is -0.119. The summed E-state index contributed by atoms with van der Waals surface area (Å²) in [6.07, 6.45) is 3.38. The van der Waals surface area contributed by atoms with E-state index in [2.05, 4.69) is 15.3 Å². The maximum absolute atomic E-state index is 14.4. The minimum atomic E-state index is -0.452. The van der Waals surface area contributed by atoms with Crippen LogP contribution < -0.4 is 19.5 Å². The number of aromatic nitrogens is 2. The van der Waals surface area contributed by atoms with Crippen LogP contribution in [-0.2, 0) is 4.79 Å². The van der Waals surface area contributed by atoms with Crippen molar-refractivity contribution in [1.82, 2.24) is 15.3 Å². The minimum absolute atomic E-state index is 0.0665. The van der Waals surface area contributed by atoms with Crippen LogP contribution in [0.2, 0.25) is 0 Å². The zero-order chi connectivity index (χ0) is 20.8. The summed E-state index contributed by atoms with van der Waals surface area (Å²) in [5.41, 5.74) is 1.67. The molecule has 0 aliphatic rings. The number of carbonyl (C=O) groups excluding carboxylic acids is 1. The first-order valence-corrected chi connectivity index (χ1v) is 9.28. The summed E-state index contributed by atoms with van der Waals surface area (Å²) in [7, 11) is 1.54. The fraction of sp³-hybridized carbons (Fsp3) is 0.333. The highest BCUT2D eigenvalue weighted by Crippen LogP contribution is 2.30. The second kappa shape index (κ2) is 9.27. The zero-order valence-electron chi connectivity index (χ0n) is 16.6. The van der Waals surface area contributed by atoms with Gasteiger partial charge in [-0.15, -0.1) is 0 Å². The van der Waals surface area contributed by atoms with Crippen LogP contribution in [0.4, 0.5) is 4.39 Å². The SMILES string of the molecule is COc1ccc(OCCOc2cc3c([C@@H](C)CNC(C)=O)c[nH]c3cc2F)cn1. The van der Waals surface area contributed by atoms with E-state index in [-0.39, 0.29) is 30.8 Å². The van der Waals surface area contributed by atoms with Gasteiger partial charge < -0.3 is 24.5 Å². The van der Waals surface area contributed by atoms with Crippen molar-refractivity contribution in [2.24, 2.45) is 0 Å². The van der Waals surface area contributed by atoms with Crippen molar-refractivity contribution in [2.45, 2.75) is 19.8 Å². The number of rotatable bonds is 9. The number of methoxy groups -OCH3 is 1. The van der Waals surface area contributed by atoms with Gasteiger partial charge in [-0.05, 0) is 17.7 Å². The molecule has 154 valence electrons. The maximum atomic E-state index is 14.4. The van der Waals surface area contributed by atoms with Gasteiger partial charge in [0, 0.05) is 48.6 Å². The highest BCUT2D eigenvalue weighted by molar-refractivity contribution is 5.85. The number of benzene rings is 1. The van der Waals surface area contributed by atoms with Crippen molar-refractivity contribution in [3.63, 3.8) is 0 Å². The third kappa shape index (κ3) is 5.16. The predicted molar refractivity (Wildman–Crippen MR) is 107 cm³/mol. The molecule has 0 spiro atoms. The number of nitrogens with one attached hydrogen (secondary N) is 2. The fourth-order valence-corrected chi connectivity index (χ4v) is 2.95. The first-order valence-electron chi connectivity index (χ1n) is 9.28. The van der Waals surface area contributed by atoms with Crippen molar-refractivity contribution < 1.29 is 23.4 Å². The van der Waals surface area contributed by atoms with Crippen molar-refractivity contribution in [2.75, 3.05) is 26.9 Å². The van der Waals surface area contributed by atoms with E-state index in [1.807, 2.05) is 13.1 Å². The molecule has 0 fully saturated rings. The smallest absolute Gasteiger partial charge is 0.216 e. The van der Waals surface area contributed by atoms with Gasteiger partial charge in [0.15, 0.2) is 11.6 Å². The molecule has 1 atom stereocenters. The molecule has 0 saturated carbocycles. The molecule has 0 aliphatic carbocycles. The number of hydrogen-bond donors (Lipinski definition) is 2. The average Bonchev–Trinajstić information content (AvgIpc) is 3.12. The van der Waals surface area contributed by atoms with Gasteiger partial charge in [0.05, 0.1) is 13.3 Å². The van der Waals surface area contributed by atoms with E-state index in [1.54, 1.807) is 31.5 Å². The van der Waals surface area contributed by atoms with Gasteiger partial charge in [-0.25, -0.2) is 9.37 Å². The number of pyridine rings is 1. The van der Waals surface area contributed by atoms with E-state index in [9.17, 15) is 9.18 Å². The summed E-state index contributed by atoms with van der Waals surface area (Å²) < 4.78 is 30.5. The van der Waals surface area contributed by atoms with Crippen molar-refractivity contribution in [1.29, 1.82) is 0 Å². The van der Waals surface area contributed by atoms with Crippen LogP contribution in [0, 0.1) is 5.82 Å². The molecule has 0 saturated heterocycles. The first kappa shape index (κ1) is 20.4. The van der Waals surface area contributed by atoms with Crippen molar-refractivity contribution in [3.8, 4) is 17.4 Å². The Balaban J connectivity index is 1.63. The minimum Gasteiger partial charge on any atom is -0.488 e. The summed E-state index contributed by atoms with van der Waals surface area (Å²) in [5, 5.41) is 3.66. The van der Waals surface area contributed by atoms with Gasteiger partial charge >= 0.3 is 0 Å². The first-order chi connectivity index (χ1) is 14.0. The van der Waals surface area contributed by atoms with Crippen LogP contribution in [0.3, 0.4) is 0 Å². The largest absolute Gasteiger partial charge is 0.488 e. The summed E-state index contributed by atoms with van der Waals surface area (Å²) >= 11 is 0. The molecule has 0 unspecified atom stereocenters. The Morgan fingerprint density at radius 1 is 1.28 bits per heavy atom. The number of aromatic amines is 1. The second-order valence-electron chi connectivity index (χ2n) is 6.64. The standard InChI is InChI=1S/C21H24FN3O4/c1-13(10-23-14(2)26)17-12-24-19-9-18(22)20(8-16(17)19)29-7-6-28-15-4-5-21(27-3)25-11-15/h4-5,8-9,11-13,24H,6-7,10H2,1-3H3,(H,23,26)/t13-/m0/s1. The quantitative estimate of drug-likeness (QED) is 0.537. The molecular weight excluding hydrogens is 377 g/mol. The molecule has 2 N–H and O–H groups in total. The fourth-order valence-electron chi connectivity index (χ4n) is 2.95. The molecule has 1 aromatic carbocycles. The Morgan fingerprint density at radius 3 is 2.76 bits per heavy atom. The van der Waals surface area contributed by atoms with Gasteiger partial charge in [0.2, 0.25) is 11.8 Å². The monoisotopic (exact) mass is 401 g/mol. The van der Waals surface area contributed by atoms with Crippen LogP contribution in [0.25, 0.3) is 10.9 Å². The molecule has 1 amide bonds. The number of amides is 1. The number of carbonyl (C=O) groups is 1. The molecule has 8 heteroatoms. The van der Waals surface area contributed by atoms with Gasteiger partial charge in [-0.1, -0.05) is 6.92 Å². The van der Waals surface area contributed by atoms with E-state index >= 15 is 0 Å². The van der Waals surface area contributed by atoms with Crippen LogP contribution in [0.1, 0.15) is 25.3 Å². The van der Waals surface area contributed by atoms with E-state index in [4.69, 9.17) is 14.2 Å². The maximum Gasteiger partial charge on any atom is 0.216 e. The Hall–Kier alpha value is -3.29. The number of hydrogen-bond acceptors (Lipinski definition) is 5. The molecule has 7 nitrogen and oxygen atoms in total. The Labute approximate surface area is 168 Å². The van der Waals surface area contributed by atoms with Gasteiger partial charge in [0.25, 0.3) is 0 Å². The number of ether oxygens (including phenoxy) is 3. The molecule has 2 aromatic heterocycles. The van der Waals surface area contributed by atoms with Gasteiger partial charge in [-0.2, -0.15) is 0 Å². The Morgan fingerprint density at radius 2 is 2.07 bits per heavy atom.